The lowest BCUT2D eigenvalue weighted by Gasteiger charge is -2.08. The first-order valence-electron chi connectivity index (χ1n) is 7.13. The van der Waals surface area contributed by atoms with Gasteiger partial charge in [0.2, 0.25) is 0 Å². The van der Waals surface area contributed by atoms with E-state index < -0.39 is 5.82 Å². The predicted molar refractivity (Wildman–Crippen MR) is 80.5 cm³/mol. The molecule has 0 heterocycles. The summed E-state index contributed by atoms with van der Waals surface area (Å²) in [6, 6.07) is 14.3. The SMILES string of the molecule is CCCCc1ccc(OCc2ccc(F)c(C#N)c2)cc1. The molecule has 0 radical (unpaired) electrons. The average Bonchev–Trinajstić information content (AvgIpc) is 2.53. The van der Waals surface area contributed by atoms with Gasteiger partial charge in [0.1, 0.15) is 24.2 Å². The molecular weight excluding hydrogens is 265 g/mol. The van der Waals surface area contributed by atoms with Crippen LogP contribution in [-0.4, -0.2) is 0 Å². The van der Waals surface area contributed by atoms with Crippen molar-refractivity contribution < 1.29 is 9.13 Å². The molecule has 0 spiro atoms. The maximum Gasteiger partial charge on any atom is 0.140 e. The molecule has 0 N–H and O–H groups in total. The number of ether oxygens (including phenoxy) is 1. The van der Waals surface area contributed by atoms with Crippen molar-refractivity contribution in [2.45, 2.75) is 32.8 Å². The normalized spacial score (nSPS) is 10.1. The van der Waals surface area contributed by atoms with Crippen LogP contribution < -0.4 is 4.74 Å². The van der Waals surface area contributed by atoms with Crippen LogP contribution in [0.2, 0.25) is 0 Å². The second-order valence-corrected chi connectivity index (χ2v) is 4.96. The van der Waals surface area contributed by atoms with Crippen LogP contribution in [0.4, 0.5) is 4.39 Å². The molecule has 0 saturated heterocycles. The summed E-state index contributed by atoms with van der Waals surface area (Å²) >= 11 is 0. The fourth-order valence-electron chi connectivity index (χ4n) is 2.05. The Balaban J connectivity index is 1.95. The highest BCUT2D eigenvalue weighted by atomic mass is 19.1. The molecule has 0 unspecified atom stereocenters. The molecule has 2 nitrogen and oxygen atoms in total. The second kappa shape index (κ2) is 7.44. The molecule has 0 saturated carbocycles. The van der Waals surface area contributed by atoms with Crippen molar-refractivity contribution in [1.82, 2.24) is 0 Å². The molecule has 0 aliphatic carbocycles. The number of nitriles is 1. The molecule has 2 aromatic rings. The van der Waals surface area contributed by atoms with Crippen molar-refractivity contribution >= 4 is 0 Å². The smallest absolute Gasteiger partial charge is 0.140 e. The summed E-state index contributed by atoms with van der Waals surface area (Å²) in [5.74, 6) is 0.277. The number of benzene rings is 2. The lowest BCUT2D eigenvalue weighted by atomic mass is 10.1. The van der Waals surface area contributed by atoms with Gasteiger partial charge in [-0.2, -0.15) is 5.26 Å². The fraction of sp³-hybridized carbons (Fsp3) is 0.278. The zero-order valence-corrected chi connectivity index (χ0v) is 12.1. The van der Waals surface area contributed by atoms with Crippen LogP contribution in [0.15, 0.2) is 42.5 Å². The average molecular weight is 283 g/mol. The lowest BCUT2D eigenvalue weighted by Crippen LogP contribution is -1.97. The quantitative estimate of drug-likeness (QED) is 0.775. The summed E-state index contributed by atoms with van der Waals surface area (Å²) in [6.07, 6.45) is 3.46. The van der Waals surface area contributed by atoms with E-state index in [1.807, 2.05) is 18.2 Å². The van der Waals surface area contributed by atoms with E-state index >= 15 is 0 Å². The first-order chi connectivity index (χ1) is 10.2. The van der Waals surface area contributed by atoms with E-state index in [0.29, 0.717) is 6.61 Å². The maximum absolute atomic E-state index is 13.2. The van der Waals surface area contributed by atoms with Gasteiger partial charge in [0.05, 0.1) is 5.56 Å². The lowest BCUT2D eigenvalue weighted by molar-refractivity contribution is 0.306. The van der Waals surface area contributed by atoms with Crippen LogP contribution >= 0.6 is 0 Å². The number of nitrogens with zero attached hydrogens (tertiary/aromatic N) is 1. The maximum atomic E-state index is 13.2. The minimum Gasteiger partial charge on any atom is -0.489 e. The van der Waals surface area contributed by atoms with Gasteiger partial charge in [-0.25, -0.2) is 4.39 Å². The van der Waals surface area contributed by atoms with Crippen molar-refractivity contribution in [2.24, 2.45) is 0 Å². The van der Waals surface area contributed by atoms with Crippen molar-refractivity contribution in [3.63, 3.8) is 0 Å². The largest absolute Gasteiger partial charge is 0.489 e. The molecule has 0 aromatic heterocycles. The Labute approximate surface area is 124 Å². The highest BCUT2D eigenvalue weighted by Crippen LogP contribution is 2.16. The van der Waals surface area contributed by atoms with E-state index in [4.69, 9.17) is 10.00 Å². The highest BCUT2D eigenvalue weighted by molar-refractivity contribution is 5.34. The van der Waals surface area contributed by atoms with Gasteiger partial charge in [-0.05, 0) is 48.2 Å². The zero-order valence-electron chi connectivity index (χ0n) is 12.1. The van der Waals surface area contributed by atoms with Crippen LogP contribution in [0, 0.1) is 17.1 Å². The Morgan fingerprint density at radius 1 is 1.10 bits per heavy atom. The van der Waals surface area contributed by atoms with Gasteiger partial charge in [-0.1, -0.05) is 31.5 Å². The topological polar surface area (TPSA) is 33.0 Å². The summed E-state index contributed by atoms with van der Waals surface area (Å²) < 4.78 is 18.9. The molecule has 0 aliphatic rings. The van der Waals surface area contributed by atoms with E-state index in [1.165, 1.54) is 30.5 Å². The molecule has 2 rings (SSSR count). The predicted octanol–water partition coefficient (Wildman–Crippen LogP) is 4.62. The van der Waals surface area contributed by atoms with E-state index in [2.05, 4.69) is 19.1 Å². The summed E-state index contributed by atoms with van der Waals surface area (Å²) in [7, 11) is 0. The van der Waals surface area contributed by atoms with Crippen LogP contribution in [0.5, 0.6) is 5.75 Å². The number of unbranched alkanes of at least 4 members (excludes halogenated alkanes) is 1. The molecule has 0 atom stereocenters. The van der Waals surface area contributed by atoms with E-state index in [9.17, 15) is 4.39 Å². The second-order valence-electron chi connectivity index (χ2n) is 4.96. The summed E-state index contributed by atoms with van der Waals surface area (Å²) in [5.41, 5.74) is 2.13. The first kappa shape index (κ1) is 15.1. The van der Waals surface area contributed by atoms with Crippen molar-refractivity contribution in [2.75, 3.05) is 0 Å². The van der Waals surface area contributed by atoms with Crippen LogP contribution in [0.1, 0.15) is 36.5 Å². The minimum absolute atomic E-state index is 0.0472. The summed E-state index contributed by atoms with van der Waals surface area (Å²) in [6.45, 7) is 2.50. The van der Waals surface area contributed by atoms with Crippen LogP contribution in [-0.2, 0) is 13.0 Å². The van der Waals surface area contributed by atoms with Gasteiger partial charge < -0.3 is 4.74 Å². The third-order valence-corrected chi connectivity index (χ3v) is 3.30. The molecular formula is C18H18FNO. The number of hydrogen-bond acceptors (Lipinski definition) is 2. The van der Waals surface area contributed by atoms with Gasteiger partial charge in [-0.15, -0.1) is 0 Å². The van der Waals surface area contributed by atoms with Crippen LogP contribution in [0.25, 0.3) is 0 Å². The molecule has 2 aromatic carbocycles. The Morgan fingerprint density at radius 2 is 1.81 bits per heavy atom. The molecule has 21 heavy (non-hydrogen) atoms. The third kappa shape index (κ3) is 4.32. The molecule has 0 fully saturated rings. The Kier molecular flexibility index (Phi) is 5.34. The Morgan fingerprint density at radius 3 is 2.48 bits per heavy atom. The van der Waals surface area contributed by atoms with Gasteiger partial charge in [-0.3, -0.25) is 0 Å². The monoisotopic (exact) mass is 283 g/mol. The van der Waals surface area contributed by atoms with Crippen molar-refractivity contribution in [1.29, 1.82) is 5.26 Å². The number of rotatable bonds is 6. The fourth-order valence-corrected chi connectivity index (χ4v) is 2.05. The van der Waals surface area contributed by atoms with Gasteiger partial charge in [0.25, 0.3) is 0 Å². The summed E-state index contributed by atoms with van der Waals surface area (Å²) in [4.78, 5) is 0. The summed E-state index contributed by atoms with van der Waals surface area (Å²) in [5, 5.41) is 8.80. The van der Waals surface area contributed by atoms with E-state index in [1.54, 1.807) is 6.07 Å². The molecule has 0 aliphatic heterocycles. The molecule has 0 bridgehead atoms. The van der Waals surface area contributed by atoms with E-state index in [-0.39, 0.29) is 5.56 Å². The van der Waals surface area contributed by atoms with Gasteiger partial charge in [0.15, 0.2) is 0 Å². The molecule has 0 amide bonds. The third-order valence-electron chi connectivity index (χ3n) is 3.30. The van der Waals surface area contributed by atoms with Gasteiger partial charge >= 0.3 is 0 Å². The van der Waals surface area contributed by atoms with Gasteiger partial charge in [0, 0.05) is 0 Å². The Bertz CT molecular complexity index is 629. The van der Waals surface area contributed by atoms with Crippen molar-refractivity contribution in [3.8, 4) is 11.8 Å². The minimum atomic E-state index is -0.499. The number of aryl methyl sites for hydroxylation is 1. The first-order valence-corrected chi connectivity index (χ1v) is 7.13. The number of hydrogen-bond donors (Lipinski definition) is 0. The molecule has 108 valence electrons. The van der Waals surface area contributed by atoms with E-state index in [0.717, 1.165) is 17.7 Å². The standard InChI is InChI=1S/C18H18FNO/c1-2-3-4-14-5-8-17(9-6-14)21-13-15-7-10-18(19)16(11-15)12-20/h5-11H,2-4,13H2,1H3. The van der Waals surface area contributed by atoms with Crippen LogP contribution in [0.3, 0.4) is 0 Å². The zero-order chi connectivity index (χ0) is 15.1. The number of halogens is 1. The highest BCUT2D eigenvalue weighted by Gasteiger charge is 2.03. The Hall–Kier alpha value is -2.34. The van der Waals surface area contributed by atoms with Crippen molar-refractivity contribution in [3.05, 3.63) is 65.0 Å². The molecule has 3 heteroatoms.